The highest BCUT2D eigenvalue weighted by atomic mass is 16.3. The normalized spacial score (nSPS) is 24.4. The van der Waals surface area contributed by atoms with Gasteiger partial charge in [0.05, 0.1) is 6.26 Å². The van der Waals surface area contributed by atoms with Gasteiger partial charge in [-0.25, -0.2) is 0 Å². The van der Waals surface area contributed by atoms with E-state index in [0.717, 1.165) is 12.3 Å². The smallest absolute Gasteiger partial charge is 0.107 e. The molecule has 0 aromatic carbocycles. The largest absolute Gasteiger partial charge is 0.469 e. The molecule has 0 N–H and O–H groups in total. The number of furan rings is 1. The zero-order chi connectivity index (χ0) is 5.56. The second-order valence-corrected chi connectivity index (χ2v) is 2.40. The van der Waals surface area contributed by atoms with Crippen LogP contribution in [0, 0.1) is 0 Å². The first kappa shape index (κ1) is 4.19. The van der Waals surface area contributed by atoms with Gasteiger partial charge in [0, 0.05) is 6.42 Å². The Morgan fingerprint density at radius 1 is 1.75 bits per heavy atom. The molecule has 1 unspecified atom stereocenters. The fourth-order valence-corrected chi connectivity index (χ4v) is 1.21. The molecule has 0 aliphatic heterocycles. The lowest BCUT2D eigenvalue weighted by Crippen LogP contribution is -2.09. The van der Waals surface area contributed by atoms with Crippen LogP contribution >= 0.6 is 0 Å². The van der Waals surface area contributed by atoms with E-state index in [9.17, 15) is 0 Å². The van der Waals surface area contributed by atoms with Gasteiger partial charge in [-0.1, -0.05) is 6.92 Å². The lowest BCUT2D eigenvalue weighted by atomic mass is 9.85. The van der Waals surface area contributed by atoms with Crippen LogP contribution in [0.25, 0.3) is 0 Å². The van der Waals surface area contributed by atoms with E-state index in [4.69, 9.17) is 4.42 Å². The fourth-order valence-electron chi connectivity index (χ4n) is 1.21. The Morgan fingerprint density at radius 2 is 2.62 bits per heavy atom. The molecule has 1 nitrogen and oxygen atoms in total. The van der Waals surface area contributed by atoms with E-state index in [1.54, 1.807) is 6.26 Å². The molecule has 0 radical (unpaired) electrons. The third kappa shape index (κ3) is 0.324. The second kappa shape index (κ2) is 1.16. The SMILES string of the molecule is CC1Cc2occc21. The summed E-state index contributed by atoms with van der Waals surface area (Å²) in [6, 6.07) is 2.06. The van der Waals surface area contributed by atoms with Crippen molar-refractivity contribution in [2.24, 2.45) is 0 Å². The quantitative estimate of drug-likeness (QED) is 0.495. The standard InChI is InChI=1S/C7H8O/c1-5-4-7-6(5)2-3-8-7/h2-3,5H,4H2,1H3. The topological polar surface area (TPSA) is 13.1 Å². The monoisotopic (exact) mass is 108 g/mol. The van der Waals surface area contributed by atoms with Gasteiger partial charge in [0.15, 0.2) is 0 Å². The predicted octanol–water partition coefficient (Wildman–Crippen LogP) is 1.94. The summed E-state index contributed by atoms with van der Waals surface area (Å²) in [4.78, 5) is 0. The summed E-state index contributed by atoms with van der Waals surface area (Å²) in [5.41, 5.74) is 1.41. The maximum Gasteiger partial charge on any atom is 0.107 e. The minimum atomic E-state index is 0.753. The lowest BCUT2D eigenvalue weighted by molar-refractivity contribution is 0.450. The predicted molar refractivity (Wildman–Crippen MR) is 30.8 cm³/mol. The van der Waals surface area contributed by atoms with Crippen LogP contribution in [0.3, 0.4) is 0 Å². The molecule has 0 saturated carbocycles. The molecule has 1 aliphatic rings. The van der Waals surface area contributed by atoms with Crippen molar-refractivity contribution in [1.82, 2.24) is 0 Å². The minimum absolute atomic E-state index is 0.753. The third-order valence-corrected chi connectivity index (χ3v) is 1.80. The summed E-state index contributed by atoms with van der Waals surface area (Å²) in [5, 5.41) is 0. The number of hydrogen-bond acceptors (Lipinski definition) is 1. The molecule has 0 bridgehead atoms. The van der Waals surface area contributed by atoms with Gasteiger partial charge in [0.25, 0.3) is 0 Å². The molecule has 8 heavy (non-hydrogen) atoms. The Labute approximate surface area is 48.3 Å². The molecule has 0 amide bonds. The summed E-state index contributed by atoms with van der Waals surface area (Å²) in [5.74, 6) is 1.95. The average Bonchev–Trinajstić information content (AvgIpc) is 2.09. The van der Waals surface area contributed by atoms with E-state index < -0.39 is 0 Å². The fraction of sp³-hybridized carbons (Fsp3) is 0.429. The summed E-state index contributed by atoms with van der Waals surface area (Å²) < 4.78 is 5.12. The first-order chi connectivity index (χ1) is 3.88. The van der Waals surface area contributed by atoms with Crippen molar-refractivity contribution in [1.29, 1.82) is 0 Å². The van der Waals surface area contributed by atoms with Crippen molar-refractivity contribution in [2.75, 3.05) is 0 Å². The molecule has 0 fully saturated rings. The molecule has 42 valence electrons. The molecule has 0 spiro atoms. The second-order valence-electron chi connectivity index (χ2n) is 2.40. The molecule has 1 atom stereocenters. The zero-order valence-electron chi connectivity index (χ0n) is 4.85. The number of fused-ring (bicyclic) bond motifs is 1. The number of rotatable bonds is 0. The van der Waals surface area contributed by atoms with Crippen molar-refractivity contribution in [3.63, 3.8) is 0 Å². The van der Waals surface area contributed by atoms with Gasteiger partial charge in [0.2, 0.25) is 0 Å². The highest BCUT2D eigenvalue weighted by molar-refractivity contribution is 5.31. The van der Waals surface area contributed by atoms with E-state index >= 15 is 0 Å². The minimum Gasteiger partial charge on any atom is -0.469 e. The van der Waals surface area contributed by atoms with Gasteiger partial charge in [-0.05, 0) is 17.5 Å². The summed E-state index contributed by atoms with van der Waals surface area (Å²) >= 11 is 0. The van der Waals surface area contributed by atoms with Gasteiger partial charge in [-0.3, -0.25) is 0 Å². The Kier molecular flexibility index (Phi) is 0.608. The van der Waals surface area contributed by atoms with Crippen LogP contribution in [0.5, 0.6) is 0 Å². The van der Waals surface area contributed by atoms with E-state index in [1.807, 2.05) is 0 Å². The number of hydrogen-bond donors (Lipinski definition) is 0. The Balaban J connectivity index is 2.53. The van der Waals surface area contributed by atoms with Crippen LogP contribution in [0.15, 0.2) is 16.7 Å². The highest BCUT2D eigenvalue weighted by Crippen LogP contribution is 2.34. The molecular weight excluding hydrogens is 100 g/mol. The lowest BCUT2D eigenvalue weighted by Gasteiger charge is -2.19. The Bertz CT molecular complexity index is 200. The van der Waals surface area contributed by atoms with Gasteiger partial charge in [0.1, 0.15) is 5.76 Å². The molecular formula is C7H8O. The van der Waals surface area contributed by atoms with Crippen molar-refractivity contribution in [2.45, 2.75) is 19.3 Å². The van der Waals surface area contributed by atoms with Crippen molar-refractivity contribution in [3.8, 4) is 0 Å². The van der Waals surface area contributed by atoms with E-state index in [0.29, 0.717) is 0 Å². The van der Waals surface area contributed by atoms with Crippen LogP contribution in [0.4, 0.5) is 0 Å². The molecule has 1 aliphatic carbocycles. The van der Waals surface area contributed by atoms with Gasteiger partial charge in [-0.2, -0.15) is 0 Å². The van der Waals surface area contributed by atoms with Crippen molar-refractivity contribution >= 4 is 0 Å². The Hall–Kier alpha value is -0.720. The van der Waals surface area contributed by atoms with Crippen LogP contribution in [-0.2, 0) is 6.42 Å². The van der Waals surface area contributed by atoms with Crippen molar-refractivity contribution in [3.05, 3.63) is 23.7 Å². The van der Waals surface area contributed by atoms with E-state index in [1.165, 1.54) is 11.3 Å². The van der Waals surface area contributed by atoms with Crippen LogP contribution < -0.4 is 0 Å². The molecule has 1 heterocycles. The van der Waals surface area contributed by atoms with Gasteiger partial charge >= 0.3 is 0 Å². The van der Waals surface area contributed by atoms with E-state index in [2.05, 4.69) is 13.0 Å². The van der Waals surface area contributed by atoms with Crippen LogP contribution in [0.2, 0.25) is 0 Å². The summed E-state index contributed by atoms with van der Waals surface area (Å²) in [7, 11) is 0. The Morgan fingerprint density at radius 3 is 3.12 bits per heavy atom. The maximum atomic E-state index is 5.12. The van der Waals surface area contributed by atoms with E-state index in [-0.39, 0.29) is 0 Å². The van der Waals surface area contributed by atoms with Crippen LogP contribution in [-0.4, -0.2) is 0 Å². The molecule has 1 aromatic rings. The van der Waals surface area contributed by atoms with Crippen LogP contribution in [0.1, 0.15) is 24.2 Å². The maximum absolute atomic E-state index is 5.12. The molecule has 0 saturated heterocycles. The molecule has 2 rings (SSSR count). The average molecular weight is 108 g/mol. The van der Waals surface area contributed by atoms with Gasteiger partial charge in [-0.15, -0.1) is 0 Å². The van der Waals surface area contributed by atoms with Gasteiger partial charge < -0.3 is 4.42 Å². The first-order valence-corrected chi connectivity index (χ1v) is 2.94. The summed E-state index contributed by atoms with van der Waals surface area (Å²) in [6.07, 6.45) is 2.91. The molecule has 1 aromatic heterocycles. The molecule has 1 heteroatoms. The zero-order valence-corrected chi connectivity index (χ0v) is 4.85. The third-order valence-electron chi connectivity index (χ3n) is 1.80. The summed E-state index contributed by atoms with van der Waals surface area (Å²) in [6.45, 7) is 2.22. The highest BCUT2D eigenvalue weighted by Gasteiger charge is 2.24. The van der Waals surface area contributed by atoms with Crippen molar-refractivity contribution < 1.29 is 4.42 Å². The first-order valence-electron chi connectivity index (χ1n) is 2.94.